The number of ether oxygens (including phenoxy) is 2. The molecular weight excluding hydrogens is 320 g/mol. The molecule has 0 amide bonds. The van der Waals surface area contributed by atoms with E-state index in [1.165, 1.54) is 55.8 Å². The standard InChI is InChI=1S/C19H28N2O2S/c1-14-8-18-19(23-13-22-18)9-15(14)10-21-12-16-4-3-6-20(16)11-17(21)5-7-24-2/h8-9,16-17H,3-7,10-13H2,1-2H3/t16-,17-/m0/s1. The second-order valence-corrected chi connectivity index (χ2v) is 8.27. The maximum atomic E-state index is 5.59. The Balaban J connectivity index is 1.52. The van der Waals surface area contributed by atoms with Gasteiger partial charge in [0.1, 0.15) is 0 Å². The first-order valence-electron chi connectivity index (χ1n) is 9.11. The van der Waals surface area contributed by atoms with E-state index in [1.54, 1.807) is 0 Å². The molecule has 2 saturated heterocycles. The molecule has 3 aliphatic rings. The first-order valence-corrected chi connectivity index (χ1v) is 10.5. The lowest BCUT2D eigenvalue weighted by atomic mass is 10.0. The lowest BCUT2D eigenvalue weighted by molar-refractivity contribution is 0.0441. The van der Waals surface area contributed by atoms with Crippen molar-refractivity contribution in [2.24, 2.45) is 0 Å². The molecule has 0 radical (unpaired) electrons. The molecule has 5 heteroatoms. The van der Waals surface area contributed by atoms with E-state index in [4.69, 9.17) is 9.47 Å². The maximum Gasteiger partial charge on any atom is 0.231 e. The third-order valence-corrected chi connectivity index (χ3v) is 6.41. The van der Waals surface area contributed by atoms with E-state index < -0.39 is 0 Å². The van der Waals surface area contributed by atoms with Gasteiger partial charge in [0, 0.05) is 31.7 Å². The van der Waals surface area contributed by atoms with Gasteiger partial charge in [-0.15, -0.1) is 0 Å². The van der Waals surface area contributed by atoms with Gasteiger partial charge in [0.2, 0.25) is 6.79 Å². The van der Waals surface area contributed by atoms with Gasteiger partial charge in [-0.05, 0) is 68.0 Å². The van der Waals surface area contributed by atoms with Gasteiger partial charge in [0.25, 0.3) is 0 Å². The molecule has 3 heterocycles. The minimum absolute atomic E-state index is 0.356. The molecule has 0 N–H and O–H groups in total. The molecule has 0 aromatic heterocycles. The summed E-state index contributed by atoms with van der Waals surface area (Å²) in [6.07, 6.45) is 6.24. The molecule has 0 saturated carbocycles. The highest BCUT2D eigenvalue weighted by molar-refractivity contribution is 7.98. The van der Waals surface area contributed by atoms with E-state index in [0.29, 0.717) is 12.8 Å². The first kappa shape index (κ1) is 16.6. The average Bonchev–Trinajstić information content (AvgIpc) is 3.21. The zero-order valence-corrected chi connectivity index (χ0v) is 15.6. The fourth-order valence-corrected chi connectivity index (χ4v) is 4.85. The zero-order valence-electron chi connectivity index (χ0n) is 14.8. The van der Waals surface area contributed by atoms with Crippen LogP contribution < -0.4 is 9.47 Å². The largest absolute Gasteiger partial charge is 0.454 e. The number of benzene rings is 1. The number of aryl methyl sites for hydroxylation is 1. The quantitative estimate of drug-likeness (QED) is 0.814. The molecule has 2 atom stereocenters. The van der Waals surface area contributed by atoms with Crippen LogP contribution in [0, 0.1) is 6.92 Å². The Kier molecular flexibility index (Phi) is 4.93. The summed E-state index contributed by atoms with van der Waals surface area (Å²) in [6.45, 7) is 7.35. The Labute approximate surface area is 149 Å². The van der Waals surface area contributed by atoms with Crippen molar-refractivity contribution in [3.05, 3.63) is 23.3 Å². The highest BCUT2D eigenvalue weighted by atomic mass is 32.2. The molecule has 1 aromatic carbocycles. The lowest BCUT2D eigenvalue weighted by Gasteiger charge is -2.44. The Morgan fingerprint density at radius 2 is 2.04 bits per heavy atom. The first-order chi connectivity index (χ1) is 11.7. The van der Waals surface area contributed by atoms with Crippen molar-refractivity contribution in [2.45, 2.75) is 44.8 Å². The van der Waals surface area contributed by atoms with Gasteiger partial charge in [0.05, 0.1) is 0 Å². The van der Waals surface area contributed by atoms with E-state index >= 15 is 0 Å². The van der Waals surface area contributed by atoms with E-state index in [0.717, 1.165) is 24.1 Å². The summed E-state index contributed by atoms with van der Waals surface area (Å²) in [5.74, 6) is 3.06. The van der Waals surface area contributed by atoms with Gasteiger partial charge in [-0.2, -0.15) is 11.8 Å². The van der Waals surface area contributed by atoms with Crippen LogP contribution >= 0.6 is 11.8 Å². The van der Waals surface area contributed by atoms with Crippen molar-refractivity contribution in [1.29, 1.82) is 0 Å². The molecular formula is C19H28N2O2S. The van der Waals surface area contributed by atoms with Crippen LogP contribution in [0.25, 0.3) is 0 Å². The molecule has 3 aliphatic heterocycles. The number of rotatable bonds is 5. The molecule has 0 bridgehead atoms. The molecule has 0 spiro atoms. The fraction of sp³-hybridized carbons (Fsp3) is 0.684. The molecule has 0 unspecified atom stereocenters. The Hall–Kier alpha value is -0.910. The topological polar surface area (TPSA) is 24.9 Å². The van der Waals surface area contributed by atoms with Crippen LogP contribution in [-0.4, -0.2) is 60.3 Å². The second kappa shape index (κ2) is 7.14. The second-order valence-electron chi connectivity index (χ2n) is 7.29. The van der Waals surface area contributed by atoms with Crippen molar-refractivity contribution in [3.63, 3.8) is 0 Å². The smallest absolute Gasteiger partial charge is 0.231 e. The molecule has 24 heavy (non-hydrogen) atoms. The normalized spacial score (nSPS) is 26.8. The Morgan fingerprint density at radius 1 is 1.21 bits per heavy atom. The van der Waals surface area contributed by atoms with Gasteiger partial charge in [-0.25, -0.2) is 0 Å². The number of piperazine rings is 1. The Morgan fingerprint density at radius 3 is 2.88 bits per heavy atom. The minimum Gasteiger partial charge on any atom is -0.454 e. The van der Waals surface area contributed by atoms with Crippen LogP contribution in [0.3, 0.4) is 0 Å². The van der Waals surface area contributed by atoms with Crippen molar-refractivity contribution < 1.29 is 9.47 Å². The van der Waals surface area contributed by atoms with Gasteiger partial charge in [-0.1, -0.05) is 0 Å². The van der Waals surface area contributed by atoms with Crippen LogP contribution in [-0.2, 0) is 6.54 Å². The van der Waals surface area contributed by atoms with E-state index in [9.17, 15) is 0 Å². The van der Waals surface area contributed by atoms with Crippen molar-refractivity contribution in [2.75, 3.05) is 38.4 Å². The van der Waals surface area contributed by atoms with Gasteiger partial charge in [-0.3, -0.25) is 9.80 Å². The van der Waals surface area contributed by atoms with Crippen molar-refractivity contribution in [3.8, 4) is 11.5 Å². The lowest BCUT2D eigenvalue weighted by Crippen LogP contribution is -2.55. The van der Waals surface area contributed by atoms with Crippen LogP contribution in [0.2, 0.25) is 0 Å². The number of nitrogens with zero attached hydrogens (tertiary/aromatic N) is 2. The number of hydrogen-bond donors (Lipinski definition) is 0. The highest BCUT2D eigenvalue weighted by Crippen LogP contribution is 2.36. The van der Waals surface area contributed by atoms with E-state index in [2.05, 4.69) is 35.1 Å². The fourth-order valence-electron chi connectivity index (χ4n) is 4.34. The molecule has 1 aromatic rings. The van der Waals surface area contributed by atoms with E-state index in [1.807, 2.05) is 11.8 Å². The predicted molar refractivity (Wildman–Crippen MR) is 99.1 cm³/mol. The van der Waals surface area contributed by atoms with Gasteiger partial charge in [0.15, 0.2) is 11.5 Å². The van der Waals surface area contributed by atoms with Crippen LogP contribution in [0.15, 0.2) is 12.1 Å². The van der Waals surface area contributed by atoms with Crippen molar-refractivity contribution in [1.82, 2.24) is 9.80 Å². The molecule has 4 nitrogen and oxygen atoms in total. The summed E-state index contributed by atoms with van der Waals surface area (Å²) < 4.78 is 11.1. The highest BCUT2D eigenvalue weighted by Gasteiger charge is 2.36. The van der Waals surface area contributed by atoms with Gasteiger partial charge >= 0.3 is 0 Å². The van der Waals surface area contributed by atoms with Crippen LogP contribution in [0.5, 0.6) is 11.5 Å². The third kappa shape index (κ3) is 3.26. The third-order valence-electron chi connectivity index (χ3n) is 5.77. The predicted octanol–water partition coefficient (Wildman–Crippen LogP) is 3.13. The summed E-state index contributed by atoms with van der Waals surface area (Å²) in [4.78, 5) is 5.46. The zero-order chi connectivity index (χ0) is 16.5. The molecule has 4 rings (SSSR count). The summed E-state index contributed by atoms with van der Waals surface area (Å²) >= 11 is 1.97. The minimum atomic E-state index is 0.356. The molecule has 2 fully saturated rings. The number of fused-ring (bicyclic) bond motifs is 2. The van der Waals surface area contributed by atoms with Crippen molar-refractivity contribution >= 4 is 11.8 Å². The number of hydrogen-bond acceptors (Lipinski definition) is 5. The summed E-state index contributed by atoms with van der Waals surface area (Å²) in [6, 6.07) is 5.78. The number of thioether (sulfide) groups is 1. The van der Waals surface area contributed by atoms with Crippen LogP contribution in [0.4, 0.5) is 0 Å². The molecule has 0 aliphatic carbocycles. The summed E-state index contributed by atoms with van der Waals surface area (Å²) in [5, 5.41) is 0. The van der Waals surface area contributed by atoms with Gasteiger partial charge < -0.3 is 9.47 Å². The molecule has 132 valence electrons. The van der Waals surface area contributed by atoms with E-state index in [-0.39, 0.29) is 0 Å². The SMILES string of the molecule is CSCC[C@H]1CN2CCC[C@H]2CN1Cc1cc2c(cc1C)OCO2. The Bertz CT molecular complexity index is 595. The summed E-state index contributed by atoms with van der Waals surface area (Å²) in [7, 11) is 0. The summed E-state index contributed by atoms with van der Waals surface area (Å²) in [5.41, 5.74) is 2.71. The maximum absolute atomic E-state index is 5.59. The van der Waals surface area contributed by atoms with Crippen LogP contribution in [0.1, 0.15) is 30.4 Å². The monoisotopic (exact) mass is 348 g/mol. The average molecular weight is 349 g/mol.